The van der Waals surface area contributed by atoms with Crippen molar-refractivity contribution in [2.24, 2.45) is 0 Å². The normalized spacial score (nSPS) is 10.8. The van der Waals surface area contributed by atoms with Gasteiger partial charge in [0.25, 0.3) is 0 Å². The summed E-state index contributed by atoms with van der Waals surface area (Å²) >= 11 is 0. The van der Waals surface area contributed by atoms with E-state index in [9.17, 15) is 9.18 Å². The molecule has 4 aromatic rings. The highest BCUT2D eigenvalue weighted by Gasteiger charge is 2.16. The van der Waals surface area contributed by atoms with Gasteiger partial charge in [-0.3, -0.25) is 4.79 Å². The van der Waals surface area contributed by atoms with Gasteiger partial charge in [-0.05, 0) is 41.8 Å². The van der Waals surface area contributed by atoms with Gasteiger partial charge in [-0.1, -0.05) is 30.3 Å². The Balaban J connectivity index is 1.52. The predicted molar refractivity (Wildman–Crippen MR) is 130 cm³/mol. The number of amides is 1. The lowest BCUT2D eigenvalue weighted by Gasteiger charge is -2.14. The van der Waals surface area contributed by atoms with Crippen LogP contribution < -0.4 is 19.5 Å². The van der Waals surface area contributed by atoms with E-state index >= 15 is 0 Å². The van der Waals surface area contributed by atoms with Crippen molar-refractivity contribution < 1.29 is 23.4 Å². The van der Waals surface area contributed by atoms with Gasteiger partial charge in [0.2, 0.25) is 5.91 Å². The zero-order valence-electron chi connectivity index (χ0n) is 19.4. The van der Waals surface area contributed by atoms with E-state index in [0.717, 1.165) is 33.3 Å². The standard InChI is InChI=1S/C27H27FN2O4/c1-32-23-15-25(34-3)24(33-2)13-18(23)16-29-26(31)12-10-20-21-14-19(28)9-11-22(21)30-27(20)17-7-5-4-6-8-17/h4-9,11,13-15,30H,10,12,16H2,1-3H3,(H,29,31). The van der Waals surface area contributed by atoms with Gasteiger partial charge in [0.05, 0.1) is 21.3 Å². The van der Waals surface area contributed by atoms with E-state index in [1.165, 1.54) is 12.1 Å². The van der Waals surface area contributed by atoms with Crippen molar-refractivity contribution in [1.82, 2.24) is 10.3 Å². The van der Waals surface area contributed by atoms with E-state index < -0.39 is 0 Å². The molecule has 1 heterocycles. The molecular formula is C27H27FN2O4. The first kappa shape index (κ1) is 23.2. The molecule has 0 aliphatic rings. The highest BCUT2D eigenvalue weighted by molar-refractivity contribution is 5.91. The molecule has 2 N–H and O–H groups in total. The third-order valence-corrected chi connectivity index (χ3v) is 5.80. The van der Waals surface area contributed by atoms with Crippen molar-refractivity contribution in [2.75, 3.05) is 21.3 Å². The second-order valence-corrected chi connectivity index (χ2v) is 7.83. The number of methoxy groups -OCH3 is 3. The summed E-state index contributed by atoms with van der Waals surface area (Å²) in [4.78, 5) is 16.1. The average Bonchev–Trinajstić information content (AvgIpc) is 3.23. The van der Waals surface area contributed by atoms with Crippen molar-refractivity contribution in [3.05, 3.63) is 77.6 Å². The fourth-order valence-electron chi connectivity index (χ4n) is 4.08. The molecule has 0 fully saturated rings. The maximum Gasteiger partial charge on any atom is 0.220 e. The number of halogens is 1. The summed E-state index contributed by atoms with van der Waals surface area (Å²) in [5.74, 6) is 1.27. The molecule has 1 aromatic heterocycles. The van der Waals surface area contributed by atoms with Crippen molar-refractivity contribution in [3.63, 3.8) is 0 Å². The van der Waals surface area contributed by atoms with E-state index in [2.05, 4.69) is 10.3 Å². The Morgan fingerprint density at radius 2 is 1.62 bits per heavy atom. The Bertz CT molecular complexity index is 1300. The first-order valence-corrected chi connectivity index (χ1v) is 10.9. The number of ether oxygens (including phenoxy) is 3. The van der Waals surface area contributed by atoms with Gasteiger partial charge in [-0.15, -0.1) is 0 Å². The number of nitrogens with one attached hydrogen (secondary N) is 2. The van der Waals surface area contributed by atoms with Gasteiger partial charge in [0.1, 0.15) is 11.6 Å². The molecule has 0 aliphatic carbocycles. The molecule has 1 amide bonds. The summed E-state index contributed by atoms with van der Waals surface area (Å²) in [6, 6.07) is 18.0. The minimum absolute atomic E-state index is 0.124. The molecule has 0 saturated heterocycles. The Hall–Kier alpha value is -4.00. The highest BCUT2D eigenvalue weighted by atomic mass is 19.1. The van der Waals surface area contributed by atoms with Crippen LogP contribution in [0.15, 0.2) is 60.7 Å². The lowest BCUT2D eigenvalue weighted by molar-refractivity contribution is -0.121. The number of aryl methyl sites for hydroxylation is 1. The number of benzene rings is 3. The molecular weight excluding hydrogens is 435 g/mol. The zero-order chi connectivity index (χ0) is 24.1. The fraction of sp³-hybridized carbons (Fsp3) is 0.222. The number of hydrogen-bond donors (Lipinski definition) is 2. The van der Waals surface area contributed by atoms with E-state index in [4.69, 9.17) is 14.2 Å². The van der Waals surface area contributed by atoms with Crippen LogP contribution in [0.5, 0.6) is 17.2 Å². The highest BCUT2D eigenvalue weighted by Crippen LogP contribution is 2.35. The maximum absolute atomic E-state index is 14.0. The quantitative estimate of drug-likeness (QED) is 0.356. The van der Waals surface area contributed by atoms with Crippen LogP contribution in [-0.2, 0) is 17.8 Å². The lowest BCUT2D eigenvalue weighted by Crippen LogP contribution is -2.23. The molecule has 0 atom stereocenters. The first-order valence-electron chi connectivity index (χ1n) is 10.9. The molecule has 4 rings (SSSR count). The number of carbonyl (C=O) groups excluding carboxylic acids is 1. The molecule has 0 unspecified atom stereocenters. The number of carbonyl (C=O) groups is 1. The number of aromatic amines is 1. The molecule has 3 aromatic carbocycles. The molecule has 6 nitrogen and oxygen atoms in total. The van der Waals surface area contributed by atoms with E-state index in [-0.39, 0.29) is 24.7 Å². The Kier molecular flexibility index (Phi) is 7.01. The summed E-state index contributed by atoms with van der Waals surface area (Å²) < 4.78 is 30.1. The smallest absolute Gasteiger partial charge is 0.220 e. The van der Waals surface area contributed by atoms with E-state index in [1.807, 2.05) is 30.3 Å². The van der Waals surface area contributed by atoms with Crippen LogP contribution in [0.3, 0.4) is 0 Å². The van der Waals surface area contributed by atoms with Gasteiger partial charge in [-0.2, -0.15) is 0 Å². The Morgan fingerprint density at radius 1 is 0.912 bits per heavy atom. The van der Waals surface area contributed by atoms with Crippen LogP contribution in [0.1, 0.15) is 17.5 Å². The number of H-pyrrole nitrogens is 1. The predicted octanol–water partition coefficient (Wildman–Crippen LogP) is 5.25. The first-order chi connectivity index (χ1) is 16.5. The van der Waals surface area contributed by atoms with Crippen molar-refractivity contribution >= 4 is 16.8 Å². The van der Waals surface area contributed by atoms with Crippen LogP contribution in [0.2, 0.25) is 0 Å². The van der Waals surface area contributed by atoms with Gasteiger partial charge in [-0.25, -0.2) is 4.39 Å². The van der Waals surface area contributed by atoms with Crippen LogP contribution in [0.25, 0.3) is 22.2 Å². The van der Waals surface area contributed by atoms with Crippen LogP contribution in [0, 0.1) is 5.82 Å². The summed E-state index contributed by atoms with van der Waals surface area (Å²) in [6.07, 6.45) is 0.710. The molecule has 0 aliphatic heterocycles. The number of rotatable bonds is 9. The second kappa shape index (κ2) is 10.3. The molecule has 34 heavy (non-hydrogen) atoms. The molecule has 0 spiro atoms. The molecule has 0 saturated carbocycles. The number of hydrogen-bond acceptors (Lipinski definition) is 4. The molecule has 7 heteroatoms. The van der Waals surface area contributed by atoms with E-state index in [1.54, 1.807) is 39.5 Å². The second-order valence-electron chi connectivity index (χ2n) is 7.83. The summed E-state index contributed by atoms with van der Waals surface area (Å²) in [5, 5.41) is 3.73. The van der Waals surface area contributed by atoms with Crippen molar-refractivity contribution in [2.45, 2.75) is 19.4 Å². The minimum Gasteiger partial charge on any atom is -0.496 e. The summed E-state index contributed by atoms with van der Waals surface area (Å²) in [5.41, 5.74) is 4.41. The molecule has 176 valence electrons. The van der Waals surface area contributed by atoms with Gasteiger partial charge < -0.3 is 24.5 Å². The largest absolute Gasteiger partial charge is 0.496 e. The van der Waals surface area contributed by atoms with Crippen LogP contribution in [0.4, 0.5) is 4.39 Å². The molecule has 0 bridgehead atoms. The third kappa shape index (κ3) is 4.83. The summed E-state index contributed by atoms with van der Waals surface area (Å²) in [6.45, 7) is 0.274. The zero-order valence-corrected chi connectivity index (χ0v) is 19.4. The van der Waals surface area contributed by atoms with Gasteiger partial charge in [0.15, 0.2) is 11.5 Å². The minimum atomic E-state index is -0.308. The Labute approximate surface area is 197 Å². The van der Waals surface area contributed by atoms with E-state index in [0.29, 0.717) is 23.7 Å². The topological polar surface area (TPSA) is 72.6 Å². The van der Waals surface area contributed by atoms with Crippen molar-refractivity contribution in [1.29, 1.82) is 0 Å². The van der Waals surface area contributed by atoms with Crippen LogP contribution in [-0.4, -0.2) is 32.2 Å². The maximum atomic E-state index is 14.0. The SMILES string of the molecule is COc1cc(OC)c(OC)cc1CNC(=O)CCc1c(-c2ccccc2)[nH]c2ccc(F)cc12. The monoisotopic (exact) mass is 462 g/mol. The lowest BCUT2D eigenvalue weighted by atomic mass is 10.0. The summed E-state index contributed by atoms with van der Waals surface area (Å²) in [7, 11) is 4.67. The number of aromatic nitrogens is 1. The Morgan fingerprint density at radius 3 is 2.32 bits per heavy atom. The average molecular weight is 463 g/mol. The van der Waals surface area contributed by atoms with Crippen molar-refractivity contribution in [3.8, 4) is 28.5 Å². The molecule has 0 radical (unpaired) electrons. The third-order valence-electron chi connectivity index (χ3n) is 5.80. The van der Waals surface area contributed by atoms with Gasteiger partial charge >= 0.3 is 0 Å². The van der Waals surface area contributed by atoms with Crippen LogP contribution >= 0.6 is 0 Å². The fourth-order valence-corrected chi connectivity index (χ4v) is 4.08. The van der Waals surface area contributed by atoms with Gasteiger partial charge in [0, 0.05) is 41.2 Å². The number of fused-ring (bicyclic) bond motifs is 1.